The molecule has 0 unspecified atom stereocenters. The molecule has 0 bridgehead atoms. The lowest BCUT2D eigenvalue weighted by atomic mass is 10.2. The van der Waals surface area contributed by atoms with Crippen LogP contribution in [0.4, 0.5) is 0 Å². The number of phenols is 2. The highest BCUT2D eigenvalue weighted by Gasteiger charge is 2.13. The van der Waals surface area contributed by atoms with Gasteiger partial charge in [0, 0.05) is 17.1 Å². The van der Waals surface area contributed by atoms with Gasteiger partial charge in [0.15, 0.2) is 11.5 Å². The number of halogens is 2. The molecule has 0 fully saturated rings. The van der Waals surface area contributed by atoms with Crippen molar-refractivity contribution in [2.75, 3.05) is 7.11 Å². The predicted molar refractivity (Wildman–Crippen MR) is 55.9 cm³/mol. The van der Waals surface area contributed by atoms with Gasteiger partial charge in [-0.25, -0.2) is 0 Å². The Kier molecular flexibility index (Phi) is 3.58. The van der Waals surface area contributed by atoms with Crippen LogP contribution in [0.25, 0.3) is 0 Å². The molecule has 0 saturated carbocycles. The van der Waals surface area contributed by atoms with E-state index < -0.39 is 0 Å². The maximum Gasteiger partial charge on any atom is 0.173 e. The molecule has 0 atom stereocenters. The average molecular weight is 312 g/mol. The van der Waals surface area contributed by atoms with Crippen molar-refractivity contribution in [1.82, 2.24) is 0 Å². The second-order valence-electron chi connectivity index (χ2n) is 2.46. The van der Waals surface area contributed by atoms with Crippen molar-refractivity contribution in [1.29, 1.82) is 0 Å². The third-order valence-corrected chi connectivity index (χ3v) is 3.51. The van der Waals surface area contributed by atoms with Gasteiger partial charge in [0.2, 0.25) is 0 Å². The van der Waals surface area contributed by atoms with Crippen LogP contribution in [0.3, 0.4) is 0 Å². The first kappa shape index (κ1) is 10.8. The molecule has 0 saturated heterocycles. The maximum absolute atomic E-state index is 9.45. The second kappa shape index (κ2) is 4.30. The Hall–Kier alpha value is -0.260. The van der Waals surface area contributed by atoms with Gasteiger partial charge >= 0.3 is 0 Å². The van der Waals surface area contributed by atoms with Crippen molar-refractivity contribution >= 4 is 31.9 Å². The Labute approximate surface area is 92.6 Å². The SMILES string of the molecule is COCc1cc(Br)c(Br)c(O)c1O. The van der Waals surface area contributed by atoms with Gasteiger partial charge in [0.05, 0.1) is 11.1 Å². The molecule has 1 aromatic carbocycles. The maximum atomic E-state index is 9.45. The molecule has 0 spiro atoms. The minimum absolute atomic E-state index is 0.156. The van der Waals surface area contributed by atoms with Crippen molar-refractivity contribution in [3.63, 3.8) is 0 Å². The second-order valence-corrected chi connectivity index (χ2v) is 4.11. The normalized spacial score (nSPS) is 10.4. The van der Waals surface area contributed by atoms with Crippen molar-refractivity contribution in [2.24, 2.45) is 0 Å². The highest BCUT2D eigenvalue weighted by atomic mass is 79.9. The Morgan fingerprint density at radius 3 is 2.46 bits per heavy atom. The van der Waals surface area contributed by atoms with Gasteiger partial charge in [0.1, 0.15) is 0 Å². The van der Waals surface area contributed by atoms with Crippen LogP contribution in [0.5, 0.6) is 11.5 Å². The van der Waals surface area contributed by atoms with Crippen LogP contribution in [0.15, 0.2) is 15.0 Å². The number of hydrogen-bond donors (Lipinski definition) is 2. The van der Waals surface area contributed by atoms with E-state index in [0.717, 1.165) is 0 Å². The van der Waals surface area contributed by atoms with Crippen LogP contribution in [0, 0.1) is 0 Å². The number of methoxy groups -OCH3 is 1. The van der Waals surface area contributed by atoms with Crippen molar-refractivity contribution in [3.8, 4) is 11.5 Å². The zero-order valence-corrected chi connectivity index (χ0v) is 10.0. The van der Waals surface area contributed by atoms with E-state index in [1.165, 1.54) is 7.11 Å². The summed E-state index contributed by atoms with van der Waals surface area (Å²) in [5, 5.41) is 18.9. The molecule has 1 rings (SSSR count). The number of aromatic hydroxyl groups is 2. The topological polar surface area (TPSA) is 49.7 Å². The molecule has 2 N–H and O–H groups in total. The summed E-state index contributed by atoms with van der Waals surface area (Å²) < 4.78 is 5.96. The highest BCUT2D eigenvalue weighted by Crippen LogP contribution is 2.41. The number of benzene rings is 1. The molecular weight excluding hydrogens is 304 g/mol. The Balaban J connectivity index is 3.24. The zero-order valence-electron chi connectivity index (χ0n) is 6.84. The summed E-state index contributed by atoms with van der Waals surface area (Å²) in [4.78, 5) is 0. The van der Waals surface area contributed by atoms with Crippen LogP contribution in [0.1, 0.15) is 5.56 Å². The molecule has 72 valence electrons. The van der Waals surface area contributed by atoms with E-state index in [4.69, 9.17) is 4.74 Å². The molecule has 0 radical (unpaired) electrons. The number of rotatable bonds is 2. The lowest BCUT2D eigenvalue weighted by Crippen LogP contribution is -1.89. The first-order chi connectivity index (χ1) is 6.07. The summed E-state index contributed by atoms with van der Waals surface area (Å²) >= 11 is 6.34. The first-order valence-corrected chi connectivity index (χ1v) is 5.04. The van der Waals surface area contributed by atoms with Crippen LogP contribution in [0.2, 0.25) is 0 Å². The van der Waals surface area contributed by atoms with Crippen molar-refractivity contribution in [3.05, 3.63) is 20.6 Å². The molecule has 5 heteroatoms. The largest absolute Gasteiger partial charge is 0.504 e. The monoisotopic (exact) mass is 310 g/mol. The number of phenolic OH excluding ortho intramolecular Hbond substituents is 2. The van der Waals surface area contributed by atoms with Gasteiger partial charge in [-0.2, -0.15) is 0 Å². The van der Waals surface area contributed by atoms with Crippen LogP contribution in [-0.2, 0) is 11.3 Å². The summed E-state index contributed by atoms with van der Waals surface area (Å²) in [5.41, 5.74) is 0.537. The third-order valence-electron chi connectivity index (χ3n) is 1.55. The average Bonchev–Trinajstić information content (AvgIpc) is 2.11. The summed E-state index contributed by atoms with van der Waals surface area (Å²) in [6.45, 7) is 0.255. The lowest BCUT2D eigenvalue weighted by molar-refractivity contribution is 0.181. The van der Waals surface area contributed by atoms with E-state index in [1.54, 1.807) is 6.07 Å². The molecule has 1 aromatic rings. The molecule has 0 aliphatic carbocycles. The summed E-state index contributed by atoms with van der Waals surface area (Å²) in [6, 6.07) is 1.68. The van der Waals surface area contributed by atoms with E-state index in [1.807, 2.05) is 0 Å². The summed E-state index contributed by atoms with van der Waals surface area (Å²) in [6.07, 6.45) is 0. The molecular formula is C8H8Br2O3. The van der Waals surface area contributed by atoms with Crippen LogP contribution >= 0.6 is 31.9 Å². The minimum Gasteiger partial charge on any atom is -0.504 e. The van der Waals surface area contributed by atoms with Crippen LogP contribution in [-0.4, -0.2) is 17.3 Å². The van der Waals surface area contributed by atoms with Gasteiger partial charge in [-0.15, -0.1) is 0 Å². The fourth-order valence-electron chi connectivity index (χ4n) is 0.919. The molecule has 0 aliphatic rings. The van der Waals surface area contributed by atoms with E-state index >= 15 is 0 Å². The quantitative estimate of drug-likeness (QED) is 0.826. The van der Waals surface area contributed by atoms with Crippen molar-refractivity contribution in [2.45, 2.75) is 6.61 Å². The van der Waals surface area contributed by atoms with Gasteiger partial charge in [0.25, 0.3) is 0 Å². The smallest absolute Gasteiger partial charge is 0.173 e. The van der Waals surface area contributed by atoms with Crippen molar-refractivity contribution < 1.29 is 14.9 Å². The highest BCUT2D eigenvalue weighted by molar-refractivity contribution is 9.13. The van der Waals surface area contributed by atoms with Gasteiger partial charge in [-0.3, -0.25) is 0 Å². The fraction of sp³-hybridized carbons (Fsp3) is 0.250. The summed E-state index contributed by atoms with van der Waals surface area (Å²) in [7, 11) is 1.52. The molecule has 0 aliphatic heterocycles. The standard InChI is InChI=1S/C8H8Br2O3/c1-13-3-4-2-5(9)6(10)8(12)7(4)11/h2,11-12H,3H2,1H3. The van der Waals surface area contributed by atoms with Gasteiger partial charge in [-0.05, 0) is 37.9 Å². The minimum atomic E-state index is -0.179. The van der Waals surface area contributed by atoms with E-state index in [2.05, 4.69) is 31.9 Å². The van der Waals surface area contributed by atoms with Crippen LogP contribution < -0.4 is 0 Å². The third kappa shape index (κ3) is 2.15. The lowest BCUT2D eigenvalue weighted by Gasteiger charge is -2.08. The molecule has 0 heterocycles. The van der Waals surface area contributed by atoms with E-state index in [9.17, 15) is 10.2 Å². The number of hydrogen-bond acceptors (Lipinski definition) is 3. The molecule has 0 amide bonds. The first-order valence-electron chi connectivity index (χ1n) is 3.45. The van der Waals surface area contributed by atoms with E-state index in [0.29, 0.717) is 14.5 Å². The van der Waals surface area contributed by atoms with Gasteiger partial charge < -0.3 is 14.9 Å². The molecule has 0 aromatic heterocycles. The zero-order chi connectivity index (χ0) is 10.0. The van der Waals surface area contributed by atoms with Gasteiger partial charge in [-0.1, -0.05) is 0 Å². The number of ether oxygens (including phenoxy) is 1. The fourth-order valence-corrected chi connectivity index (χ4v) is 1.69. The predicted octanol–water partition coefficient (Wildman–Crippen LogP) is 2.77. The Morgan fingerprint density at radius 2 is 1.92 bits per heavy atom. The Bertz CT molecular complexity index is 326. The van der Waals surface area contributed by atoms with E-state index in [-0.39, 0.29) is 18.1 Å². The Morgan fingerprint density at radius 1 is 1.31 bits per heavy atom. The molecule has 3 nitrogen and oxygen atoms in total. The summed E-state index contributed by atoms with van der Waals surface area (Å²) in [5.74, 6) is -0.335. The molecule has 13 heavy (non-hydrogen) atoms.